The average Bonchev–Trinajstić information content (AvgIpc) is 3.36. The van der Waals surface area contributed by atoms with E-state index in [0.29, 0.717) is 11.6 Å². The van der Waals surface area contributed by atoms with E-state index in [1.54, 1.807) is 19.2 Å². The van der Waals surface area contributed by atoms with Crippen molar-refractivity contribution in [3.8, 4) is 0 Å². The molecular weight excluding hydrogens is 352 g/mol. The Bertz CT molecular complexity index is 914. The summed E-state index contributed by atoms with van der Waals surface area (Å²) in [6.07, 6.45) is -1.32. The monoisotopic (exact) mass is 368 g/mol. The molecule has 0 bridgehead atoms. The van der Waals surface area contributed by atoms with Crippen LogP contribution in [0.3, 0.4) is 0 Å². The van der Waals surface area contributed by atoms with Gasteiger partial charge in [-0.1, -0.05) is 0 Å². The van der Waals surface area contributed by atoms with Gasteiger partial charge in [0.25, 0.3) is 11.5 Å². The Morgan fingerprint density at radius 1 is 1.27 bits per heavy atom. The number of alkyl halides is 3. The number of aromatic nitrogens is 1. The highest BCUT2D eigenvalue weighted by Gasteiger charge is 2.31. The fraction of sp³-hybridized carbons (Fsp3) is 0.333. The van der Waals surface area contributed by atoms with Gasteiger partial charge < -0.3 is 9.88 Å². The largest absolute Gasteiger partial charge is 0.416 e. The van der Waals surface area contributed by atoms with Crippen molar-refractivity contribution in [3.63, 3.8) is 0 Å². The maximum atomic E-state index is 13.4. The van der Waals surface area contributed by atoms with Gasteiger partial charge in [-0.2, -0.15) is 13.2 Å². The van der Waals surface area contributed by atoms with Crippen molar-refractivity contribution in [2.45, 2.75) is 38.5 Å². The molecule has 1 saturated carbocycles. The zero-order valence-electron chi connectivity index (χ0n) is 13.9. The van der Waals surface area contributed by atoms with E-state index in [1.165, 1.54) is 4.57 Å². The van der Waals surface area contributed by atoms with Crippen molar-refractivity contribution in [2.24, 2.45) is 0 Å². The van der Waals surface area contributed by atoms with E-state index in [4.69, 9.17) is 0 Å². The number of aryl methyl sites for hydroxylation is 1. The minimum absolute atomic E-state index is 0.0400. The normalized spacial score (nSPS) is 14.3. The zero-order chi connectivity index (χ0) is 19.1. The zero-order valence-corrected chi connectivity index (χ0v) is 13.9. The van der Waals surface area contributed by atoms with Crippen LogP contribution >= 0.6 is 0 Å². The molecule has 1 aromatic heterocycles. The van der Waals surface area contributed by atoms with Crippen LogP contribution in [0.25, 0.3) is 0 Å². The number of amides is 1. The molecule has 0 aliphatic heterocycles. The number of benzene rings is 1. The average molecular weight is 368 g/mol. The first-order valence-electron chi connectivity index (χ1n) is 8.03. The molecule has 0 saturated heterocycles. The summed E-state index contributed by atoms with van der Waals surface area (Å²) in [6.45, 7) is 1.29. The van der Waals surface area contributed by atoms with Gasteiger partial charge >= 0.3 is 6.18 Å². The Morgan fingerprint density at radius 2 is 1.96 bits per heavy atom. The maximum absolute atomic E-state index is 13.4. The number of rotatable bonds is 4. The lowest BCUT2D eigenvalue weighted by molar-refractivity contribution is -0.137. The molecule has 1 N–H and O–H groups in total. The number of hydrogen-bond acceptors (Lipinski definition) is 2. The molecule has 0 radical (unpaired) electrons. The quantitative estimate of drug-likeness (QED) is 0.839. The summed E-state index contributed by atoms with van der Waals surface area (Å²) in [4.78, 5) is 24.8. The number of halogens is 4. The lowest BCUT2D eigenvalue weighted by Crippen LogP contribution is -2.33. The van der Waals surface area contributed by atoms with Gasteiger partial charge in [0.05, 0.1) is 5.56 Å². The molecule has 8 heteroatoms. The van der Waals surface area contributed by atoms with E-state index in [2.05, 4.69) is 5.32 Å². The predicted octanol–water partition coefficient (Wildman–Crippen LogP) is 3.58. The van der Waals surface area contributed by atoms with Crippen LogP contribution in [0.4, 0.5) is 17.6 Å². The van der Waals surface area contributed by atoms with E-state index >= 15 is 0 Å². The molecule has 4 nitrogen and oxygen atoms in total. The molecule has 1 amide bonds. The van der Waals surface area contributed by atoms with Crippen molar-refractivity contribution in [2.75, 3.05) is 0 Å². The van der Waals surface area contributed by atoms with Gasteiger partial charge in [-0.25, -0.2) is 4.39 Å². The smallest absolute Gasteiger partial charge is 0.348 e. The third kappa shape index (κ3) is 3.79. The highest BCUT2D eigenvalue weighted by molar-refractivity contribution is 5.95. The van der Waals surface area contributed by atoms with E-state index in [-0.39, 0.29) is 23.7 Å². The van der Waals surface area contributed by atoms with E-state index in [0.717, 1.165) is 25.0 Å². The summed E-state index contributed by atoms with van der Waals surface area (Å²) in [5, 5.41) is 2.40. The fourth-order valence-electron chi connectivity index (χ4n) is 2.74. The van der Waals surface area contributed by atoms with Gasteiger partial charge in [0, 0.05) is 18.8 Å². The second-order valence-electron chi connectivity index (χ2n) is 6.35. The van der Waals surface area contributed by atoms with Gasteiger partial charge in [0.2, 0.25) is 0 Å². The topological polar surface area (TPSA) is 51.1 Å². The van der Waals surface area contributed by atoms with Crippen molar-refractivity contribution in [3.05, 3.63) is 68.9 Å². The minimum atomic E-state index is -4.69. The summed E-state index contributed by atoms with van der Waals surface area (Å²) in [6, 6.07) is 3.81. The molecule has 1 aliphatic rings. The third-order valence-electron chi connectivity index (χ3n) is 4.23. The Hall–Kier alpha value is -2.64. The van der Waals surface area contributed by atoms with Crippen LogP contribution in [0.2, 0.25) is 0 Å². The molecule has 26 heavy (non-hydrogen) atoms. The van der Waals surface area contributed by atoms with Crippen LogP contribution in [-0.4, -0.2) is 10.5 Å². The van der Waals surface area contributed by atoms with Gasteiger partial charge in [-0.3, -0.25) is 9.59 Å². The van der Waals surface area contributed by atoms with Crippen LogP contribution in [0, 0.1) is 12.7 Å². The van der Waals surface area contributed by atoms with Crippen molar-refractivity contribution < 1.29 is 22.4 Å². The van der Waals surface area contributed by atoms with Crippen LogP contribution in [0.5, 0.6) is 0 Å². The first-order chi connectivity index (χ1) is 12.2. The number of pyridine rings is 1. The predicted molar refractivity (Wildman–Crippen MR) is 86.3 cm³/mol. The number of carbonyl (C=O) groups is 1. The third-order valence-corrected chi connectivity index (χ3v) is 4.23. The number of hydrogen-bond donors (Lipinski definition) is 1. The summed E-state index contributed by atoms with van der Waals surface area (Å²) in [5.74, 6) is -1.74. The summed E-state index contributed by atoms with van der Waals surface area (Å²) >= 11 is 0. The molecule has 2 aromatic rings. The van der Waals surface area contributed by atoms with Crippen molar-refractivity contribution in [1.82, 2.24) is 9.88 Å². The Kier molecular flexibility index (Phi) is 4.60. The first-order valence-corrected chi connectivity index (χ1v) is 8.03. The van der Waals surface area contributed by atoms with Gasteiger partial charge in [0.1, 0.15) is 11.4 Å². The van der Waals surface area contributed by atoms with E-state index in [1.807, 2.05) is 0 Å². The number of nitrogens with zero attached hydrogens (tertiary/aromatic N) is 1. The van der Waals surface area contributed by atoms with Gasteiger partial charge in [-0.05, 0) is 55.2 Å². The minimum Gasteiger partial charge on any atom is -0.348 e. The second kappa shape index (κ2) is 6.59. The number of nitrogens with one attached hydrogen (secondary N) is 1. The fourth-order valence-corrected chi connectivity index (χ4v) is 2.74. The Balaban J connectivity index is 1.81. The van der Waals surface area contributed by atoms with E-state index in [9.17, 15) is 27.2 Å². The second-order valence-corrected chi connectivity index (χ2v) is 6.35. The molecule has 1 aromatic carbocycles. The molecule has 0 unspecified atom stereocenters. The molecule has 1 fully saturated rings. The lowest BCUT2D eigenvalue weighted by atomic mass is 10.1. The molecule has 1 aliphatic carbocycles. The Morgan fingerprint density at radius 3 is 2.58 bits per heavy atom. The highest BCUT2D eigenvalue weighted by Crippen LogP contribution is 2.33. The van der Waals surface area contributed by atoms with Crippen LogP contribution < -0.4 is 10.9 Å². The van der Waals surface area contributed by atoms with Gasteiger partial charge in [-0.15, -0.1) is 0 Å². The van der Waals surface area contributed by atoms with Crippen molar-refractivity contribution in [1.29, 1.82) is 0 Å². The maximum Gasteiger partial charge on any atom is 0.416 e. The standard InChI is InChI=1S/C18H16F4N2O2/c1-10-4-5-24(14-2-3-14)17(26)15(10)16(25)23-9-11-6-12(18(20,21)22)8-13(19)7-11/h4-8,14H,2-3,9H2,1H3,(H,23,25). The summed E-state index contributed by atoms with van der Waals surface area (Å²) < 4.78 is 53.1. The molecule has 1 heterocycles. The van der Waals surface area contributed by atoms with Gasteiger partial charge in [0.15, 0.2) is 0 Å². The van der Waals surface area contributed by atoms with Crippen LogP contribution in [0.15, 0.2) is 35.3 Å². The van der Waals surface area contributed by atoms with Crippen LogP contribution in [-0.2, 0) is 12.7 Å². The van der Waals surface area contributed by atoms with E-state index < -0.39 is 29.0 Å². The number of carbonyl (C=O) groups excluding carboxylic acids is 1. The molecule has 0 atom stereocenters. The highest BCUT2D eigenvalue weighted by atomic mass is 19.4. The molecule has 138 valence electrons. The van der Waals surface area contributed by atoms with Crippen LogP contribution in [0.1, 0.15) is 45.9 Å². The molecular formula is C18H16F4N2O2. The molecule has 0 spiro atoms. The van der Waals surface area contributed by atoms with Crippen molar-refractivity contribution >= 4 is 5.91 Å². The lowest BCUT2D eigenvalue weighted by Gasteiger charge is -2.12. The SMILES string of the molecule is Cc1ccn(C2CC2)c(=O)c1C(=O)NCc1cc(F)cc(C(F)(F)F)c1. The Labute approximate surface area is 146 Å². The summed E-state index contributed by atoms with van der Waals surface area (Å²) in [5.41, 5.74) is -1.18. The first kappa shape index (κ1) is 18.2. The summed E-state index contributed by atoms with van der Waals surface area (Å²) in [7, 11) is 0. The molecule has 3 rings (SSSR count).